The molecule has 0 aliphatic heterocycles. The second-order valence-electron chi connectivity index (χ2n) is 1.56. The van der Waals surface area contributed by atoms with E-state index in [9.17, 15) is 4.79 Å². The van der Waals surface area contributed by atoms with E-state index < -0.39 is 5.91 Å². The zero-order chi connectivity index (χ0) is 7.98. The van der Waals surface area contributed by atoms with Crippen molar-refractivity contribution >= 4 is 5.91 Å². The topological polar surface area (TPSA) is 67.2 Å². The highest BCUT2D eigenvalue weighted by atomic mass is 16.1. The van der Waals surface area contributed by atoms with Crippen LogP contribution in [0.15, 0.2) is 24.7 Å². The van der Waals surface area contributed by atoms with E-state index in [1.54, 1.807) is 7.05 Å². The summed E-state index contributed by atoms with van der Waals surface area (Å²) in [5.74, 6) is -0.519. The van der Waals surface area contributed by atoms with Gasteiger partial charge in [0.15, 0.2) is 0 Å². The lowest BCUT2D eigenvalue weighted by atomic mass is 10.4. The Balaban J connectivity index is 4.10. The molecule has 4 N–H and O–H groups in total. The molecule has 4 heteroatoms. The summed E-state index contributed by atoms with van der Waals surface area (Å²) in [7, 11) is 1.67. The fourth-order valence-electron chi connectivity index (χ4n) is 0.438. The van der Waals surface area contributed by atoms with Crippen molar-refractivity contribution in [2.24, 2.45) is 5.73 Å². The Morgan fingerprint density at radius 2 is 2.30 bits per heavy atom. The molecule has 0 unspecified atom stereocenters. The van der Waals surface area contributed by atoms with Gasteiger partial charge in [-0.2, -0.15) is 0 Å². The lowest BCUT2D eigenvalue weighted by Crippen LogP contribution is -2.24. The Kier molecular flexibility index (Phi) is 3.79. The highest BCUT2D eigenvalue weighted by molar-refractivity contribution is 5.91. The van der Waals surface area contributed by atoms with Crippen LogP contribution in [0.4, 0.5) is 0 Å². The molecule has 0 aromatic heterocycles. The molecule has 0 heterocycles. The Bertz CT molecular complexity index is 162. The van der Waals surface area contributed by atoms with Crippen LogP contribution in [0.5, 0.6) is 0 Å². The summed E-state index contributed by atoms with van der Waals surface area (Å²) < 4.78 is 0. The molecule has 0 spiro atoms. The van der Waals surface area contributed by atoms with Gasteiger partial charge in [-0.15, -0.1) is 0 Å². The Morgan fingerprint density at radius 1 is 1.70 bits per heavy atom. The predicted molar refractivity (Wildman–Crippen MR) is 39.7 cm³/mol. The maximum atomic E-state index is 10.5. The fourth-order valence-corrected chi connectivity index (χ4v) is 0.438. The third-order valence-corrected chi connectivity index (χ3v) is 0.812. The highest BCUT2D eigenvalue weighted by Crippen LogP contribution is 1.82. The molecule has 0 aliphatic carbocycles. The standard InChI is InChI=1S/C6H11N3O/c1-3-9-5(4-8-2)6(7)10/h3-4,8-9H,1H2,2H3,(H2,7,10)/b5-4-. The summed E-state index contributed by atoms with van der Waals surface area (Å²) in [6.45, 7) is 3.38. The van der Waals surface area contributed by atoms with Crippen LogP contribution in [0.25, 0.3) is 0 Å². The van der Waals surface area contributed by atoms with E-state index in [1.165, 1.54) is 12.4 Å². The lowest BCUT2D eigenvalue weighted by Gasteiger charge is -2.00. The van der Waals surface area contributed by atoms with E-state index in [2.05, 4.69) is 17.2 Å². The SMILES string of the molecule is C=CN/C(=C\NC)C(N)=O. The molecule has 0 atom stereocenters. The van der Waals surface area contributed by atoms with Crippen molar-refractivity contribution in [3.8, 4) is 0 Å². The maximum Gasteiger partial charge on any atom is 0.266 e. The van der Waals surface area contributed by atoms with E-state index in [4.69, 9.17) is 5.73 Å². The maximum absolute atomic E-state index is 10.5. The molecule has 0 aliphatic rings. The molecule has 4 nitrogen and oxygen atoms in total. The summed E-state index contributed by atoms with van der Waals surface area (Å²) in [6.07, 6.45) is 2.85. The van der Waals surface area contributed by atoms with E-state index in [1.807, 2.05) is 0 Å². The zero-order valence-electron chi connectivity index (χ0n) is 5.85. The van der Waals surface area contributed by atoms with Gasteiger partial charge in [-0.25, -0.2) is 0 Å². The minimum absolute atomic E-state index is 0.289. The molecule has 56 valence electrons. The van der Waals surface area contributed by atoms with E-state index >= 15 is 0 Å². The molecule has 0 bridgehead atoms. The normalized spacial score (nSPS) is 10.3. The summed E-state index contributed by atoms with van der Waals surface area (Å²) in [4.78, 5) is 10.5. The van der Waals surface area contributed by atoms with Crippen LogP contribution in [0.3, 0.4) is 0 Å². The first-order valence-electron chi connectivity index (χ1n) is 2.77. The molecule has 0 saturated heterocycles. The smallest absolute Gasteiger partial charge is 0.266 e. The van der Waals surface area contributed by atoms with E-state index in [0.29, 0.717) is 0 Å². The van der Waals surface area contributed by atoms with Crippen molar-refractivity contribution in [1.29, 1.82) is 0 Å². The van der Waals surface area contributed by atoms with Gasteiger partial charge >= 0.3 is 0 Å². The lowest BCUT2D eigenvalue weighted by molar-refractivity contribution is -0.114. The van der Waals surface area contributed by atoms with Crippen LogP contribution < -0.4 is 16.4 Å². The van der Waals surface area contributed by atoms with Crippen LogP contribution >= 0.6 is 0 Å². The van der Waals surface area contributed by atoms with Gasteiger partial charge in [-0.3, -0.25) is 4.79 Å². The van der Waals surface area contributed by atoms with Gasteiger partial charge in [0.2, 0.25) is 0 Å². The Labute approximate surface area is 59.8 Å². The molecule has 0 saturated carbocycles. The highest BCUT2D eigenvalue weighted by Gasteiger charge is 1.98. The monoisotopic (exact) mass is 141 g/mol. The number of nitrogens with two attached hydrogens (primary N) is 1. The molecule has 0 fully saturated rings. The number of amides is 1. The fraction of sp³-hybridized carbons (Fsp3) is 0.167. The van der Waals surface area contributed by atoms with Crippen molar-refractivity contribution in [2.45, 2.75) is 0 Å². The average molecular weight is 141 g/mol. The minimum atomic E-state index is -0.519. The van der Waals surface area contributed by atoms with Crippen LogP contribution in [0, 0.1) is 0 Å². The summed E-state index contributed by atoms with van der Waals surface area (Å²) in [5.41, 5.74) is 5.24. The molecule has 0 radical (unpaired) electrons. The van der Waals surface area contributed by atoms with Crippen LogP contribution in [0.1, 0.15) is 0 Å². The van der Waals surface area contributed by atoms with Gasteiger partial charge in [0.25, 0.3) is 5.91 Å². The van der Waals surface area contributed by atoms with Gasteiger partial charge in [-0.05, 0) is 6.20 Å². The number of carbonyl (C=O) groups excluding carboxylic acids is 1. The van der Waals surface area contributed by atoms with Gasteiger partial charge in [-0.1, -0.05) is 6.58 Å². The van der Waals surface area contributed by atoms with Gasteiger partial charge in [0.1, 0.15) is 5.70 Å². The molecule has 1 amide bonds. The van der Waals surface area contributed by atoms with Gasteiger partial charge < -0.3 is 16.4 Å². The predicted octanol–water partition coefficient (Wildman–Crippen LogP) is -0.734. The molecular weight excluding hydrogens is 130 g/mol. The number of nitrogens with one attached hydrogen (secondary N) is 2. The van der Waals surface area contributed by atoms with Crippen molar-refractivity contribution in [3.05, 3.63) is 24.7 Å². The number of hydrogen-bond acceptors (Lipinski definition) is 3. The summed E-state index contributed by atoms with van der Waals surface area (Å²) in [5, 5.41) is 5.23. The number of carbonyl (C=O) groups is 1. The first-order valence-corrected chi connectivity index (χ1v) is 2.77. The van der Waals surface area contributed by atoms with Crippen molar-refractivity contribution < 1.29 is 4.79 Å². The number of primary amides is 1. The Hall–Kier alpha value is -1.45. The molecular formula is C6H11N3O. The first-order chi connectivity index (χ1) is 4.72. The van der Waals surface area contributed by atoms with Gasteiger partial charge in [0.05, 0.1) is 0 Å². The molecule has 0 rings (SSSR count). The van der Waals surface area contributed by atoms with Crippen LogP contribution in [-0.2, 0) is 4.79 Å². The Morgan fingerprint density at radius 3 is 2.60 bits per heavy atom. The summed E-state index contributed by atoms with van der Waals surface area (Å²) in [6, 6.07) is 0. The van der Waals surface area contributed by atoms with Crippen molar-refractivity contribution in [1.82, 2.24) is 10.6 Å². The molecule has 0 aromatic carbocycles. The average Bonchev–Trinajstić information content (AvgIpc) is 1.87. The molecule has 0 aromatic rings. The van der Waals surface area contributed by atoms with Crippen LogP contribution in [-0.4, -0.2) is 13.0 Å². The summed E-state index contributed by atoms with van der Waals surface area (Å²) >= 11 is 0. The largest absolute Gasteiger partial charge is 0.392 e. The van der Waals surface area contributed by atoms with Crippen molar-refractivity contribution in [2.75, 3.05) is 7.05 Å². The van der Waals surface area contributed by atoms with Crippen LogP contribution in [0.2, 0.25) is 0 Å². The quantitative estimate of drug-likeness (QED) is 0.452. The van der Waals surface area contributed by atoms with E-state index in [0.717, 1.165) is 0 Å². The zero-order valence-corrected chi connectivity index (χ0v) is 5.85. The second kappa shape index (κ2) is 4.43. The third-order valence-electron chi connectivity index (χ3n) is 0.812. The third kappa shape index (κ3) is 2.76. The number of hydrogen-bond donors (Lipinski definition) is 3. The van der Waals surface area contributed by atoms with E-state index in [-0.39, 0.29) is 5.70 Å². The minimum Gasteiger partial charge on any atom is -0.392 e. The first kappa shape index (κ1) is 8.55. The van der Waals surface area contributed by atoms with Gasteiger partial charge in [0, 0.05) is 13.2 Å². The van der Waals surface area contributed by atoms with Crippen molar-refractivity contribution in [3.63, 3.8) is 0 Å². The second-order valence-corrected chi connectivity index (χ2v) is 1.56. The number of rotatable bonds is 4. The molecule has 10 heavy (non-hydrogen) atoms.